The third-order valence-electron chi connectivity index (χ3n) is 1.89. The smallest absolute Gasteiger partial charge is 0.233 e. The number of nitrogens with one attached hydrogen (secondary N) is 2. The number of rotatable bonds is 2. The molecule has 4 nitrogen and oxygen atoms in total. The molecule has 1 fully saturated rings. The molecule has 0 spiro atoms. The number of carbonyl (C=O) groups excluding carboxylic acids is 1. The summed E-state index contributed by atoms with van der Waals surface area (Å²) >= 11 is 0. The molecule has 1 aliphatic heterocycles. The maximum atomic E-state index is 10.8. The van der Waals surface area contributed by atoms with Crippen LogP contribution >= 0.6 is 0 Å². The van der Waals surface area contributed by atoms with Gasteiger partial charge in [-0.3, -0.25) is 4.79 Å². The fourth-order valence-electron chi connectivity index (χ4n) is 1.25. The molecule has 0 aromatic heterocycles. The third kappa shape index (κ3) is 2.86. The van der Waals surface area contributed by atoms with E-state index in [4.69, 9.17) is 5.73 Å². The van der Waals surface area contributed by atoms with E-state index >= 15 is 0 Å². The highest BCUT2D eigenvalue weighted by Crippen LogP contribution is 2.00. The first kappa shape index (κ1) is 8.49. The van der Waals surface area contributed by atoms with Crippen LogP contribution in [0.5, 0.6) is 0 Å². The summed E-state index contributed by atoms with van der Waals surface area (Å²) in [6, 6.07) is 0.340. The molecule has 1 aliphatic rings. The van der Waals surface area contributed by atoms with Crippen LogP contribution in [0.4, 0.5) is 0 Å². The van der Waals surface area contributed by atoms with Gasteiger partial charge in [0.05, 0.1) is 6.54 Å². The van der Waals surface area contributed by atoms with E-state index in [0.29, 0.717) is 6.04 Å². The summed E-state index contributed by atoms with van der Waals surface area (Å²) in [6.07, 6.45) is 2.04. The van der Waals surface area contributed by atoms with Crippen molar-refractivity contribution in [3.8, 4) is 0 Å². The zero-order valence-corrected chi connectivity index (χ0v) is 6.60. The minimum Gasteiger partial charge on any atom is -0.352 e. The number of amides is 1. The van der Waals surface area contributed by atoms with Gasteiger partial charge in [0.1, 0.15) is 0 Å². The summed E-state index contributed by atoms with van der Waals surface area (Å²) in [5.74, 6) is -0.0445. The maximum absolute atomic E-state index is 10.8. The van der Waals surface area contributed by atoms with Crippen molar-refractivity contribution < 1.29 is 4.79 Å². The quantitative estimate of drug-likeness (QED) is 0.472. The van der Waals surface area contributed by atoms with E-state index in [0.717, 1.165) is 25.9 Å². The van der Waals surface area contributed by atoms with Gasteiger partial charge in [0.2, 0.25) is 5.91 Å². The lowest BCUT2D eigenvalue weighted by Gasteiger charge is -2.23. The standard InChI is InChI=1S/C7H15N3O/c8-5-7(11)10-6-1-3-9-4-2-6/h6,9H,1-5,8H2,(H,10,11). The molecule has 4 heteroatoms. The van der Waals surface area contributed by atoms with Gasteiger partial charge in [-0.1, -0.05) is 0 Å². The van der Waals surface area contributed by atoms with Crippen molar-refractivity contribution in [2.24, 2.45) is 5.73 Å². The SMILES string of the molecule is NCC(=O)NC1CCNCC1. The second-order valence-electron chi connectivity index (χ2n) is 2.80. The van der Waals surface area contributed by atoms with Crippen LogP contribution in [-0.4, -0.2) is 31.6 Å². The number of hydrogen-bond donors (Lipinski definition) is 3. The van der Waals surface area contributed by atoms with Gasteiger partial charge in [-0.15, -0.1) is 0 Å². The molecule has 0 atom stereocenters. The zero-order valence-electron chi connectivity index (χ0n) is 6.60. The lowest BCUT2D eigenvalue weighted by Crippen LogP contribution is -2.44. The monoisotopic (exact) mass is 157 g/mol. The highest BCUT2D eigenvalue weighted by Gasteiger charge is 2.13. The molecule has 64 valence electrons. The fourth-order valence-corrected chi connectivity index (χ4v) is 1.25. The summed E-state index contributed by atoms with van der Waals surface area (Å²) in [4.78, 5) is 10.8. The lowest BCUT2D eigenvalue weighted by atomic mass is 10.1. The Labute approximate surface area is 66.5 Å². The molecule has 0 bridgehead atoms. The van der Waals surface area contributed by atoms with Crippen LogP contribution < -0.4 is 16.4 Å². The Hall–Kier alpha value is -0.610. The predicted molar refractivity (Wildman–Crippen MR) is 43.1 cm³/mol. The molecular weight excluding hydrogens is 142 g/mol. The van der Waals surface area contributed by atoms with Crippen LogP contribution in [0.1, 0.15) is 12.8 Å². The van der Waals surface area contributed by atoms with Gasteiger partial charge in [-0.2, -0.15) is 0 Å². The molecular formula is C7H15N3O. The molecule has 0 unspecified atom stereocenters. The van der Waals surface area contributed by atoms with Crippen molar-refractivity contribution in [2.75, 3.05) is 19.6 Å². The number of piperidine rings is 1. The van der Waals surface area contributed by atoms with Gasteiger partial charge in [-0.05, 0) is 25.9 Å². The van der Waals surface area contributed by atoms with Crippen molar-refractivity contribution >= 4 is 5.91 Å². The van der Waals surface area contributed by atoms with E-state index in [1.54, 1.807) is 0 Å². The van der Waals surface area contributed by atoms with Crippen molar-refractivity contribution in [2.45, 2.75) is 18.9 Å². The Morgan fingerprint density at radius 1 is 1.55 bits per heavy atom. The minimum atomic E-state index is -0.0445. The second kappa shape index (κ2) is 4.31. The van der Waals surface area contributed by atoms with E-state index in [1.807, 2.05) is 0 Å². The number of carbonyl (C=O) groups is 1. The number of hydrogen-bond acceptors (Lipinski definition) is 3. The van der Waals surface area contributed by atoms with Crippen molar-refractivity contribution in [1.82, 2.24) is 10.6 Å². The molecule has 1 amide bonds. The third-order valence-corrected chi connectivity index (χ3v) is 1.89. The molecule has 1 saturated heterocycles. The van der Waals surface area contributed by atoms with Gasteiger partial charge in [0.25, 0.3) is 0 Å². The first-order valence-electron chi connectivity index (χ1n) is 4.03. The average Bonchev–Trinajstić information content (AvgIpc) is 2.06. The van der Waals surface area contributed by atoms with Crippen molar-refractivity contribution in [1.29, 1.82) is 0 Å². The Morgan fingerprint density at radius 2 is 2.18 bits per heavy atom. The minimum absolute atomic E-state index is 0.0445. The van der Waals surface area contributed by atoms with Crippen molar-refractivity contribution in [3.63, 3.8) is 0 Å². The lowest BCUT2D eigenvalue weighted by molar-refractivity contribution is -0.120. The Kier molecular flexibility index (Phi) is 3.32. The summed E-state index contributed by atoms with van der Waals surface area (Å²) in [5, 5.41) is 6.09. The summed E-state index contributed by atoms with van der Waals surface area (Å²) < 4.78 is 0. The largest absolute Gasteiger partial charge is 0.352 e. The van der Waals surface area contributed by atoms with Gasteiger partial charge in [0, 0.05) is 6.04 Å². The van der Waals surface area contributed by atoms with Crippen LogP contribution in [0, 0.1) is 0 Å². The molecule has 0 aliphatic carbocycles. The van der Waals surface area contributed by atoms with E-state index in [2.05, 4.69) is 10.6 Å². The zero-order chi connectivity index (χ0) is 8.10. The van der Waals surface area contributed by atoms with Gasteiger partial charge < -0.3 is 16.4 Å². The Balaban J connectivity index is 2.19. The van der Waals surface area contributed by atoms with Crippen LogP contribution in [0.25, 0.3) is 0 Å². The second-order valence-corrected chi connectivity index (χ2v) is 2.80. The van der Waals surface area contributed by atoms with Crippen molar-refractivity contribution in [3.05, 3.63) is 0 Å². The van der Waals surface area contributed by atoms with Crippen LogP contribution in [-0.2, 0) is 4.79 Å². The van der Waals surface area contributed by atoms with Crippen LogP contribution in [0.2, 0.25) is 0 Å². The topological polar surface area (TPSA) is 67.2 Å². The van der Waals surface area contributed by atoms with E-state index < -0.39 is 0 Å². The van der Waals surface area contributed by atoms with E-state index in [1.165, 1.54) is 0 Å². The fraction of sp³-hybridized carbons (Fsp3) is 0.857. The Bertz CT molecular complexity index is 132. The Morgan fingerprint density at radius 3 is 2.73 bits per heavy atom. The molecule has 4 N–H and O–H groups in total. The summed E-state index contributed by atoms with van der Waals surface area (Å²) in [7, 11) is 0. The predicted octanol–water partition coefficient (Wildman–Crippen LogP) is -1.19. The first-order valence-corrected chi connectivity index (χ1v) is 4.03. The molecule has 0 radical (unpaired) electrons. The molecule has 1 heterocycles. The first-order chi connectivity index (χ1) is 5.33. The number of nitrogens with two attached hydrogens (primary N) is 1. The molecule has 0 aromatic carbocycles. The summed E-state index contributed by atoms with van der Waals surface area (Å²) in [6.45, 7) is 2.09. The molecule has 1 rings (SSSR count). The maximum Gasteiger partial charge on any atom is 0.233 e. The van der Waals surface area contributed by atoms with Gasteiger partial charge in [0.15, 0.2) is 0 Å². The molecule has 0 saturated carbocycles. The normalized spacial score (nSPS) is 19.7. The average molecular weight is 157 g/mol. The highest BCUT2D eigenvalue weighted by molar-refractivity contribution is 5.78. The molecule has 0 aromatic rings. The molecule has 11 heavy (non-hydrogen) atoms. The van der Waals surface area contributed by atoms with Gasteiger partial charge in [-0.25, -0.2) is 0 Å². The van der Waals surface area contributed by atoms with Crippen LogP contribution in [0.3, 0.4) is 0 Å². The van der Waals surface area contributed by atoms with E-state index in [9.17, 15) is 4.79 Å². The van der Waals surface area contributed by atoms with Gasteiger partial charge >= 0.3 is 0 Å². The van der Waals surface area contributed by atoms with E-state index in [-0.39, 0.29) is 12.5 Å². The summed E-state index contributed by atoms with van der Waals surface area (Å²) in [5.41, 5.74) is 5.16. The highest BCUT2D eigenvalue weighted by atomic mass is 16.1. The van der Waals surface area contributed by atoms with Crippen LogP contribution in [0.15, 0.2) is 0 Å².